The minimum absolute atomic E-state index is 0.0910. The first kappa shape index (κ1) is 29.1. The second-order valence-electron chi connectivity index (χ2n) is 8.92. The summed E-state index contributed by atoms with van der Waals surface area (Å²) in [5.41, 5.74) is 3.46. The zero-order chi connectivity index (χ0) is 27.3. The zero-order valence-corrected chi connectivity index (χ0v) is 22.6. The molecule has 4 N–H and O–H groups in total. The van der Waals surface area contributed by atoms with E-state index in [4.69, 9.17) is 23.2 Å². The molecule has 7 nitrogen and oxygen atoms in total. The number of amides is 2. The molecule has 0 fully saturated rings. The lowest BCUT2D eigenvalue weighted by Gasteiger charge is -2.23. The van der Waals surface area contributed by atoms with E-state index in [1.165, 1.54) is 12.1 Å². The maximum Gasteiger partial charge on any atom is 0.247 e. The molecule has 0 unspecified atom stereocenters. The first-order valence-electron chi connectivity index (χ1n) is 12.5. The van der Waals surface area contributed by atoms with Crippen LogP contribution in [0.4, 0.5) is 11.4 Å². The fourth-order valence-electron chi connectivity index (χ4n) is 4.05. The molecule has 0 radical (unpaired) electrons. The minimum Gasteiger partial charge on any atom is -0.508 e. The van der Waals surface area contributed by atoms with Crippen molar-refractivity contribution in [1.29, 1.82) is 0 Å². The Morgan fingerprint density at radius 1 is 0.842 bits per heavy atom. The second-order valence-corrected chi connectivity index (χ2v) is 9.67. The van der Waals surface area contributed by atoms with Gasteiger partial charge < -0.3 is 25.7 Å². The van der Waals surface area contributed by atoms with E-state index in [2.05, 4.69) is 21.6 Å². The van der Waals surface area contributed by atoms with Gasteiger partial charge in [-0.25, -0.2) is 0 Å². The molecule has 0 spiro atoms. The summed E-state index contributed by atoms with van der Waals surface area (Å²) in [5, 5.41) is 24.7. The lowest BCUT2D eigenvalue weighted by atomic mass is 10.0. The van der Waals surface area contributed by atoms with Crippen LogP contribution in [0.15, 0.2) is 72.8 Å². The molecule has 0 saturated heterocycles. The molecule has 3 aromatic carbocycles. The molecule has 0 bridgehead atoms. The molecule has 202 valence electrons. The van der Waals surface area contributed by atoms with Crippen molar-refractivity contribution < 1.29 is 19.8 Å². The number of hydrogen-bond acceptors (Lipinski definition) is 5. The number of nitrogens with zero attached hydrogens (tertiary/aromatic N) is 1. The van der Waals surface area contributed by atoms with Crippen LogP contribution in [0.5, 0.6) is 11.5 Å². The smallest absolute Gasteiger partial charge is 0.247 e. The largest absolute Gasteiger partial charge is 0.508 e. The molecule has 0 aliphatic carbocycles. The monoisotopic (exact) mass is 557 g/mol. The molecule has 0 heterocycles. The van der Waals surface area contributed by atoms with Crippen LogP contribution in [0.25, 0.3) is 0 Å². The summed E-state index contributed by atoms with van der Waals surface area (Å²) in [6, 6.07) is 20.0. The molecular formula is C29H33Cl2N3O4. The van der Waals surface area contributed by atoms with Crippen LogP contribution in [-0.4, -0.2) is 52.9 Å². The molecule has 9 heteroatoms. The van der Waals surface area contributed by atoms with Gasteiger partial charge in [-0.15, -0.1) is 23.2 Å². The Hall–Kier alpha value is -3.42. The third kappa shape index (κ3) is 9.47. The average molecular weight is 559 g/mol. The molecule has 0 aliphatic rings. The Kier molecular flexibility index (Phi) is 11.6. The molecule has 1 atom stereocenters. The summed E-state index contributed by atoms with van der Waals surface area (Å²) in [6.07, 6.45) is 1.84. The Labute approximate surface area is 233 Å². The SMILES string of the molecule is O=C(CCCc1cccc(N(CCCl)CCCl)c1)N[C@@H](Cc1ccc(O)cc1)C(=O)Nc1ccc(O)cc1. The maximum atomic E-state index is 13.0. The quantitative estimate of drug-likeness (QED) is 0.164. The van der Waals surface area contributed by atoms with Gasteiger partial charge in [0.15, 0.2) is 0 Å². The topological polar surface area (TPSA) is 102 Å². The second kappa shape index (κ2) is 15.1. The highest BCUT2D eigenvalue weighted by molar-refractivity contribution is 6.18. The molecule has 0 aliphatic heterocycles. The molecule has 38 heavy (non-hydrogen) atoms. The number of carbonyl (C=O) groups excluding carboxylic acids is 2. The number of aryl methyl sites for hydroxylation is 1. The number of rotatable bonds is 14. The van der Waals surface area contributed by atoms with Crippen LogP contribution in [0.3, 0.4) is 0 Å². The highest BCUT2D eigenvalue weighted by atomic mass is 35.5. The van der Waals surface area contributed by atoms with Crippen LogP contribution in [0.1, 0.15) is 24.0 Å². The van der Waals surface area contributed by atoms with E-state index < -0.39 is 6.04 Å². The summed E-state index contributed by atoms with van der Waals surface area (Å²) in [5.74, 6) is 0.633. The number of anilines is 2. The molecule has 0 saturated carbocycles. The standard InChI is InChI=1S/C29H33Cl2N3O4/c30-15-17-34(18-16-31)24-5-1-3-21(19-24)4-2-6-28(37)33-27(20-22-7-11-25(35)12-8-22)29(38)32-23-9-13-26(36)14-10-23/h1,3,5,7-14,19,27,35-36H,2,4,6,15-18,20H2,(H,32,38)(H,33,37)/t27-/m0/s1. The van der Waals surface area contributed by atoms with E-state index >= 15 is 0 Å². The van der Waals surface area contributed by atoms with Gasteiger partial charge in [0.2, 0.25) is 11.8 Å². The number of aromatic hydroxyl groups is 2. The van der Waals surface area contributed by atoms with Gasteiger partial charge in [-0.3, -0.25) is 9.59 Å². The third-order valence-corrected chi connectivity index (χ3v) is 6.35. The molecule has 0 aromatic heterocycles. The van der Waals surface area contributed by atoms with E-state index in [0.717, 1.165) is 16.8 Å². The van der Waals surface area contributed by atoms with Crippen molar-refractivity contribution >= 4 is 46.4 Å². The van der Waals surface area contributed by atoms with Gasteiger partial charge in [0.05, 0.1) is 0 Å². The molecule has 3 aromatic rings. The molecule has 2 amide bonds. The number of halogens is 2. The number of hydrogen-bond donors (Lipinski definition) is 4. The normalized spacial score (nSPS) is 11.5. The number of alkyl halides is 2. The van der Waals surface area contributed by atoms with Gasteiger partial charge in [-0.05, 0) is 72.5 Å². The lowest BCUT2D eigenvalue weighted by molar-refractivity contribution is -0.126. The van der Waals surface area contributed by atoms with Crippen LogP contribution >= 0.6 is 23.2 Å². The van der Waals surface area contributed by atoms with Crippen LogP contribution in [0.2, 0.25) is 0 Å². The minimum atomic E-state index is -0.816. The Morgan fingerprint density at radius 2 is 1.47 bits per heavy atom. The van der Waals surface area contributed by atoms with Crippen molar-refractivity contribution in [3.8, 4) is 11.5 Å². The first-order chi connectivity index (χ1) is 18.4. The van der Waals surface area contributed by atoms with Crippen molar-refractivity contribution in [2.75, 3.05) is 35.1 Å². The van der Waals surface area contributed by atoms with Crippen molar-refractivity contribution in [2.24, 2.45) is 0 Å². The summed E-state index contributed by atoms with van der Waals surface area (Å²) < 4.78 is 0. The number of carbonyl (C=O) groups is 2. The number of benzene rings is 3. The molecular weight excluding hydrogens is 525 g/mol. The predicted molar refractivity (Wildman–Crippen MR) is 154 cm³/mol. The average Bonchev–Trinajstić information content (AvgIpc) is 2.91. The van der Waals surface area contributed by atoms with Gasteiger partial charge in [-0.1, -0.05) is 24.3 Å². The number of phenolic OH excluding ortho intramolecular Hbond substituents is 2. The Balaban J connectivity index is 1.60. The van der Waals surface area contributed by atoms with E-state index in [1.54, 1.807) is 36.4 Å². The highest BCUT2D eigenvalue weighted by Crippen LogP contribution is 2.19. The molecule has 3 rings (SSSR count). The fourth-order valence-corrected chi connectivity index (χ4v) is 4.46. The first-order valence-corrected chi connectivity index (χ1v) is 13.6. The van der Waals surface area contributed by atoms with Crippen LogP contribution in [-0.2, 0) is 22.4 Å². The van der Waals surface area contributed by atoms with Crippen LogP contribution in [0, 0.1) is 0 Å². The number of phenols is 2. The van der Waals surface area contributed by atoms with Gasteiger partial charge in [0.25, 0.3) is 0 Å². The maximum absolute atomic E-state index is 13.0. The van der Waals surface area contributed by atoms with Gasteiger partial charge >= 0.3 is 0 Å². The summed E-state index contributed by atoms with van der Waals surface area (Å²) >= 11 is 11.9. The van der Waals surface area contributed by atoms with E-state index in [-0.39, 0.29) is 36.2 Å². The van der Waals surface area contributed by atoms with E-state index in [1.807, 2.05) is 18.2 Å². The fraction of sp³-hybridized carbons (Fsp3) is 0.310. The van der Waals surface area contributed by atoms with E-state index in [9.17, 15) is 19.8 Å². The zero-order valence-electron chi connectivity index (χ0n) is 21.1. The van der Waals surface area contributed by atoms with E-state index in [0.29, 0.717) is 43.4 Å². The Bertz CT molecular complexity index is 1170. The van der Waals surface area contributed by atoms with Gasteiger partial charge in [0, 0.05) is 49.1 Å². The van der Waals surface area contributed by atoms with Crippen molar-refractivity contribution in [1.82, 2.24) is 5.32 Å². The summed E-state index contributed by atoms with van der Waals surface area (Å²) in [7, 11) is 0. The van der Waals surface area contributed by atoms with Crippen LogP contribution < -0.4 is 15.5 Å². The van der Waals surface area contributed by atoms with Crippen molar-refractivity contribution in [3.63, 3.8) is 0 Å². The lowest BCUT2D eigenvalue weighted by Crippen LogP contribution is -2.45. The Morgan fingerprint density at radius 3 is 2.11 bits per heavy atom. The van der Waals surface area contributed by atoms with Gasteiger partial charge in [-0.2, -0.15) is 0 Å². The highest BCUT2D eigenvalue weighted by Gasteiger charge is 2.21. The van der Waals surface area contributed by atoms with Crippen molar-refractivity contribution in [2.45, 2.75) is 31.7 Å². The number of nitrogens with one attached hydrogen (secondary N) is 2. The van der Waals surface area contributed by atoms with Gasteiger partial charge in [0.1, 0.15) is 17.5 Å². The summed E-state index contributed by atoms with van der Waals surface area (Å²) in [4.78, 5) is 28.0. The van der Waals surface area contributed by atoms with Crippen molar-refractivity contribution in [3.05, 3.63) is 83.9 Å². The third-order valence-electron chi connectivity index (χ3n) is 6.02. The predicted octanol–water partition coefficient (Wildman–Crippen LogP) is 5.07. The summed E-state index contributed by atoms with van der Waals surface area (Å²) in [6.45, 7) is 1.41.